The summed E-state index contributed by atoms with van der Waals surface area (Å²) in [6, 6.07) is 0. The highest BCUT2D eigenvalue weighted by Crippen LogP contribution is 2.13. The highest BCUT2D eigenvalue weighted by atomic mass is 32.1. The van der Waals surface area contributed by atoms with Gasteiger partial charge in [-0.05, 0) is 13.8 Å². The Morgan fingerprint density at radius 2 is 2.46 bits per heavy atom. The summed E-state index contributed by atoms with van der Waals surface area (Å²) in [6.45, 7) is 5.26. The van der Waals surface area contributed by atoms with Crippen molar-refractivity contribution in [3.63, 3.8) is 0 Å². The van der Waals surface area contributed by atoms with E-state index >= 15 is 0 Å². The second kappa shape index (κ2) is 4.69. The largest absolute Gasteiger partial charge is 0.380 e. The van der Waals surface area contributed by atoms with Crippen LogP contribution in [0.2, 0.25) is 0 Å². The Hall–Kier alpha value is -0.450. The van der Waals surface area contributed by atoms with Gasteiger partial charge in [0.2, 0.25) is 0 Å². The van der Waals surface area contributed by atoms with E-state index in [0.29, 0.717) is 13.2 Å². The zero-order valence-corrected chi connectivity index (χ0v) is 8.93. The number of hydrogen-bond donors (Lipinski definition) is 1. The van der Waals surface area contributed by atoms with E-state index < -0.39 is 0 Å². The molecule has 1 aromatic heterocycles. The van der Waals surface area contributed by atoms with Crippen molar-refractivity contribution in [2.75, 3.05) is 13.2 Å². The first-order valence-electron chi connectivity index (χ1n) is 4.39. The summed E-state index contributed by atoms with van der Waals surface area (Å²) in [5, 5.41) is 3.04. The Labute approximate surface area is 82.9 Å². The first-order valence-corrected chi connectivity index (χ1v) is 5.27. The van der Waals surface area contributed by atoms with Crippen LogP contribution in [-0.2, 0) is 11.2 Å². The van der Waals surface area contributed by atoms with E-state index in [-0.39, 0.29) is 5.54 Å². The summed E-state index contributed by atoms with van der Waals surface area (Å²) in [6.07, 6.45) is 2.58. The number of hydrogen-bond acceptors (Lipinski definition) is 4. The fraction of sp³-hybridized carbons (Fsp3) is 0.667. The second-order valence-corrected chi connectivity index (χ2v) is 4.37. The lowest BCUT2D eigenvalue weighted by atomic mass is 10.0. The van der Waals surface area contributed by atoms with E-state index in [1.165, 1.54) is 0 Å². The molecule has 4 heteroatoms. The van der Waals surface area contributed by atoms with Crippen LogP contribution >= 0.6 is 11.3 Å². The van der Waals surface area contributed by atoms with Crippen LogP contribution in [0, 0.1) is 0 Å². The molecule has 1 atom stereocenters. The normalized spacial score (nSPS) is 15.6. The molecule has 1 heterocycles. The topological polar surface area (TPSA) is 48.1 Å². The Bertz CT molecular complexity index is 234. The second-order valence-electron chi connectivity index (χ2n) is 3.39. The molecule has 0 aliphatic rings. The Balaban J connectivity index is 2.42. The number of aromatic nitrogens is 1. The van der Waals surface area contributed by atoms with Crippen LogP contribution < -0.4 is 5.73 Å². The van der Waals surface area contributed by atoms with Crippen molar-refractivity contribution in [3.05, 3.63) is 16.6 Å². The van der Waals surface area contributed by atoms with Crippen molar-refractivity contribution >= 4 is 11.3 Å². The number of nitrogens with two attached hydrogens (primary N) is 1. The van der Waals surface area contributed by atoms with Crippen LogP contribution in [0.25, 0.3) is 0 Å². The predicted molar refractivity (Wildman–Crippen MR) is 54.9 cm³/mol. The monoisotopic (exact) mass is 200 g/mol. The van der Waals surface area contributed by atoms with Gasteiger partial charge >= 0.3 is 0 Å². The molecule has 13 heavy (non-hydrogen) atoms. The van der Waals surface area contributed by atoms with Gasteiger partial charge in [0.25, 0.3) is 0 Å². The standard InChI is InChI=1S/C9H16N2OS/c1-3-12-7-9(2,10)6-8-11-4-5-13-8/h4-5H,3,6-7,10H2,1-2H3. The lowest BCUT2D eigenvalue weighted by Crippen LogP contribution is -2.43. The highest BCUT2D eigenvalue weighted by Gasteiger charge is 2.20. The van der Waals surface area contributed by atoms with Crippen molar-refractivity contribution in [1.29, 1.82) is 0 Å². The van der Waals surface area contributed by atoms with Crippen molar-refractivity contribution in [2.24, 2.45) is 5.73 Å². The number of ether oxygens (including phenoxy) is 1. The third kappa shape index (κ3) is 3.85. The number of thiazole rings is 1. The summed E-state index contributed by atoms with van der Waals surface area (Å²) in [5.74, 6) is 0. The lowest BCUT2D eigenvalue weighted by Gasteiger charge is -2.22. The molecule has 0 saturated carbocycles. The Morgan fingerprint density at radius 1 is 1.69 bits per heavy atom. The Morgan fingerprint density at radius 3 is 3.00 bits per heavy atom. The number of rotatable bonds is 5. The van der Waals surface area contributed by atoms with Gasteiger partial charge in [-0.3, -0.25) is 0 Å². The van der Waals surface area contributed by atoms with Crippen LogP contribution in [0.15, 0.2) is 11.6 Å². The van der Waals surface area contributed by atoms with Crippen LogP contribution in [0.4, 0.5) is 0 Å². The molecule has 0 aliphatic heterocycles. The van der Waals surface area contributed by atoms with Crippen molar-refractivity contribution in [1.82, 2.24) is 4.98 Å². The zero-order chi connectivity index (χ0) is 9.73. The molecule has 0 spiro atoms. The Kier molecular flexibility index (Phi) is 3.84. The third-order valence-corrected chi connectivity index (χ3v) is 2.45. The average molecular weight is 200 g/mol. The van der Waals surface area contributed by atoms with E-state index in [1.807, 2.05) is 19.2 Å². The van der Waals surface area contributed by atoms with Gasteiger partial charge in [0, 0.05) is 30.1 Å². The van der Waals surface area contributed by atoms with E-state index in [4.69, 9.17) is 10.5 Å². The zero-order valence-electron chi connectivity index (χ0n) is 8.12. The fourth-order valence-corrected chi connectivity index (χ4v) is 1.89. The summed E-state index contributed by atoms with van der Waals surface area (Å²) >= 11 is 1.64. The molecule has 0 fully saturated rings. The molecule has 3 nitrogen and oxygen atoms in total. The van der Waals surface area contributed by atoms with Gasteiger partial charge in [-0.1, -0.05) is 0 Å². The quantitative estimate of drug-likeness (QED) is 0.782. The molecular formula is C9H16N2OS. The maximum atomic E-state index is 6.04. The van der Waals surface area contributed by atoms with Gasteiger partial charge in [0.15, 0.2) is 0 Å². The van der Waals surface area contributed by atoms with Gasteiger partial charge in [0.1, 0.15) is 0 Å². The molecular weight excluding hydrogens is 184 g/mol. The molecule has 0 radical (unpaired) electrons. The van der Waals surface area contributed by atoms with E-state index in [0.717, 1.165) is 11.4 Å². The van der Waals surface area contributed by atoms with Gasteiger partial charge in [0.05, 0.1) is 11.6 Å². The molecule has 74 valence electrons. The smallest absolute Gasteiger partial charge is 0.0943 e. The summed E-state index contributed by atoms with van der Waals surface area (Å²) in [5.41, 5.74) is 5.74. The minimum absolute atomic E-state index is 0.298. The lowest BCUT2D eigenvalue weighted by molar-refractivity contribution is 0.101. The molecule has 1 unspecified atom stereocenters. The number of nitrogens with zero attached hydrogens (tertiary/aromatic N) is 1. The molecule has 2 N–H and O–H groups in total. The minimum atomic E-state index is -0.298. The molecule has 0 bridgehead atoms. The van der Waals surface area contributed by atoms with Crippen molar-refractivity contribution < 1.29 is 4.74 Å². The summed E-state index contributed by atoms with van der Waals surface area (Å²) in [4.78, 5) is 4.19. The minimum Gasteiger partial charge on any atom is -0.380 e. The maximum absolute atomic E-state index is 6.04. The van der Waals surface area contributed by atoms with Gasteiger partial charge in [-0.15, -0.1) is 11.3 Å². The van der Waals surface area contributed by atoms with Gasteiger partial charge in [-0.2, -0.15) is 0 Å². The average Bonchev–Trinajstić information content (AvgIpc) is 2.52. The van der Waals surface area contributed by atoms with Gasteiger partial charge < -0.3 is 10.5 Å². The van der Waals surface area contributed by atoms with Crippen molar-refractivity contribution in [3.8, 4) is 0 Å². The molecule has 0 aliphatic carbocycles. The van der Waals surface area contributed by atoms with E-state index in [1.54, 1.807) is 17.5 Å². The molecule has 1 rings (SSSR count). The maximum Gasteiger partial charge on any atom is 0.0943 e. The first-order chi connectivity index (χ1) is 6.14. The molecule has 0 saturated heterocycles. The van der Waals surface area contributed by atoms with Crippen LogP contribution in [0.1, 0.15) is 18.9 Å². The first kappa shape index (κ1) is 10.6. The van der Waals surface area contributed by atoms with E-state index in [2.05, 4.69) is 4.98 Å². The molecule has 1 aromatic rings. The summed E-state index contributed by atoms with van der Waals surface area (Å²) in [7, 11) is 0. The van der Waals surface area contributed by atoms with Crippen LogP contribution in [0.5, 0.6) is 0 Å². The van der Waals surface area contributed by atoms with Crippen LogP contribution in [-0.4, -0.2) is 23.7 Å². The summed E-state index contributed by atoms with van der Waals surface area (Å²) < 4.78 is 5.30. The fourth-order valence-electron chi connectivity index (χ4n) is 1.07. The van der Waals surface area contributed by atoms with Gasteiger partial charge in [-0.25, -0.2) is 4.98 Å². The molecule has 0 amide bonds. The molecule has 0 aromatic carbocycles. The third-order valence-electron chi connectivity index (χ3n) is 1.67. The SMILES string of the molecule is CCOCC(C)(N)Cc1nccs1. The van der Waals surface area contributed by atoms with Crippen LogP contribution in [0.3, 0.4) is 0 Å². The van der Waals surface area contributed by atoms with Crippen molar-refractivity contribution in [2.45, 2.75) is 25.8 Å². The predicted octanol–water partition coefficient (Wildman–Crippen LogP) is 1.44. The van der Waals surface area contributed by atoms with E-state index in [9.17, 15) is 0 Å². The highest BCUT2D eigenvalue weighted by molar-refractivity contribution is 7.09.